The number of nitrogens with one attached hydrogen (secondary N) is 1. The van der Waals surface area contributed by atoms with Gasteiger partial charge in [-0.05, 0) is 24.3 Å². The van der Waals surface area contributed by atoms with Crippen molar-refractivity contribution in [3.63, 3.8) is 0 Å². The van der Waals surface area contributed by atoms with E-state index in [4.69, 9.17) is 9.15 Å². The van der Waals surface area contributed by atoms with Crippen LogP contribution in [0.15, 0.2) is 52.2 Å². The maximum atomic E-state index is 12.2. The summed E-state index contributed by atoms with van der Waals surface area (Å²) in [5.74, 6) is 0.419. The lowest BCUT2D eigenvalue weighted by atomic mass is 10.1. The van der Waals surface area contributed by atoms with Crippen LogP contribution < -0.4 is 10.1 Å². The molecule has 8 heteroatoms. The molecule has 0 unspecified atom stereocenters. The number of pyridine rings is 1. The van der Waals surface area contributed by atoms with Crippen molar-refractivity contribution >= 4 is 32.4 Å². The molecule has 0 atom stereocenters. The van der Waals surface area contributed by atoms with Crippen LogP contribution in [0.25, 0.3) is 11.0 Å². The molecule has 2 heterocycles. The van der Waals surface area contributed by atoms with Crippen LogP contribution >= 0.6 is 0 Å². The Morgan fingerprint density at radius 3 is 2.72 bits per heavy atom. The molecule has 1 amide bonds. The molecule has 0 saturated heterocycles. The number of anilines is 1. The fraction of sp³-hybridized carbons (Fsp3) is 0.176. The number of furan rings is 1. The summed E-state index contributed by atoms with van der Waals surface area (Å²) in [6.45, 7) is 0. The Bertz CT molecular complexity index is 1020. The van der Waals surface area contributed by atoms with Gasteiger partial charge >= 0.3 is 0 Å². The average Bonchev–Trinajstić information content (AvgIpc) is 2.96. The van der Waals surface area contributed by atoms with Crippen LogP contribution in [0, 0.1) is 0 Å². The predicted octanol–water partition coefficient (Wildman–Crippen LogP) is 2.42. The highest BCUT2D eigenvalue weighted by Crippen LogP contribution is 2.26. The Balaban J connectivity index is 1.72. The lowest BCUT2D eigenvalue weighted by molar-refractivity contribution is -0.115. The van der Waals surface area contributed by atoms with E-state index in [1.165, 1.54) is 24.6 Å². The fourth-order valence-corrected chi connectivity index (χ4v) is 2.94. The van der Waals surface area contributed by atoms with Crippen molar-refractivity contribution in [3.05, 3.63) is 48.4 Å². The molecule has 1 aromatic carbocycles. The van der Waals surface area contributed by atoms with Gasteiger partial charge in [0, 0.05) is 23.3 Å². The lowest BCUT2D eigenvalue weighted by Gasteiger charge is -2.05. The molecule has 3 rings (SSSR count). The zero-order chi connectivity index (χ0) is 18.0. The second-order valence-corrected chi connectivity index (χ2v) is 7.47. The average molecular weight is 360 g/mol. The quantitative estimate of drug-likeness (QED) is 0.750. The van der Waals surface area contributed by atoms with Gasteiger partial charge in [-0.15, -0.1) is 0 Å². The zero-order valence-electron chi connectivity index (χ0n) is 13.6. The molecule has 1 N–H and O–H groups in total. The van der Waals surface area contributed by atoms with Crippen molar-refractivity contribution in [1.29, 1.82) is 0 Å². The maximum absolute atomic E-state index is 12.2. The fourth-order valence-electron chi connectivity index (χ4n) is 2.38. The van der Waals surface area contributed by atoms with Gasteiger partial charge in [0.15, 0.2) is 14.9 Å². The summed E-state index contributed by atoms with van der Waals surface area (Å²) in [5, 5.41) is 3.48. The van der Waals surface area contributed by atoms with Crippen LogP contribution in [-0.2, 0) is 21.1 Å². The van der Waals surface area contributed by atoms with Crippen molar-refractivity contribution in [1.82, 2.24) is 4.98 Å². The van der Waals surface area contributed by atoms with Crippen LogP contribution in [0.2, 0.25) is 0 Å². The van der Waals surface area contributed by atoms with Crippen LogP contribution in [0.1, 0.15) is 5.56 Å². The highest BCUT2D eigenvalue weighted by Gasteiger charge is 2.13. The van der Waals surface area contributed by atoms with Crippen molar-refractivity contribution in [2.75, 3.05) is 18.7 Å². The zero-order valence-corrected chi connectivity index (χ0v) is 14.5. The van der Waals surface area contributed by atoms with E-state index in [0.717, 1.165) is 17.2 Å². The summed E-state index contributed by atoms with van der Waals surface area (Å²) < 4.78 is 33.4. The predicted molar refractivity (Wildman–Crippen MR) is 92.4 cm³/mol. The van der Waals surface area contributed by atoms with Crippen LogP contribution in [0.4, 0.5) is 5.69 Å². The van der Waals surface area contributed by atoms with Gasteiger partial charge in [-0.3, -0.25) is 4.79 Å². The highest BCUT2D eigenvalue weighted by atomic mass is 32.2. The van der Waals surface area contributed by atoms with E-state index in [0.29, 0.717) is 17.0 Å². The van der Waals surface area contributed by atoms with Crippen LogP contribution in [-0.4, -0.2) is 32.7 Å². The molecule has 130 valence electrons. The number of carbonyl (C=O) groups excluding carboxylic acids is 1. The molecule has 0 aliphatic heterocycles. The number of hydrogen-bond donors (Lipinski definition) is 1. The van der Waals surface area contributed by atoms with E-state index in [-0.39, 0.29) is 17.4 Å². The third kappa shape index (κ3) is 3.80. The van der Waals surface area contributed by atoms with Gasteiger partial charge in [0.2, 0.25) is 5.91 Å². The second kappa shape index (κ2) is 6.56. The molecule has 3 aromatic rings. The molecule has 0 aliphatic rings. The molecule has 2 aromatic heterocycles. The molecule has 0 fully saturated rings. The third-order valence-electron chi connectivity index (χ3n) is 3.61. The minimum atomic E-state index is -3.37. The number of rotatable bonds is 5. The van der Waals surface area contributed by atoms with Gasteiger partial charge in [-0.1, -0.05) is 0 Å². The van der Waals surface area contributed by atoms with Crippen molar-refractivity contribution in [2.24, 2.45) is 0 Å². The van der Waals surface area contributed by atoms with Gasteiger partial charge < -0.3 is 14.5 Å². The van der Waals surface area contributed by atoms with Gasteiger partial charge in [0.25, 0.3) is 0 Å². The number of benzene rings is 1. The standard InChI is InChI=1S/C17H16N2O5S/c1-23-13-4-5-14-11(10-24-15(14)8-13)7-16(20)19-12-3-6-17(18-9-12)25(2,21)22/h3-6,8-10H,7H2,1-2H3,(H,19,20). The van der Waals surface area contributed by atoms with Gasteiger partial charge in [0.05, 0.1) is 31.7 Å². The normalized spacial score (nSPS) is 11.4. The van der Waals surface area contributed by atoms with Gasteiger partial charge in [-0.2, -0.15) is 0 Å². The summed E-state index contributed by atoms with van der Waals surface area (Å²) in [7, 11) is -1.79. The molecule has 0 aliphatic carbocycles. The highest BCUT2D eigenvalue weighted by molar-refractivity contribution is 7.90. The van der Waals surface area contributed by atoms with E-state index < -0.39 is 9.84 Å². The summed E-state index contributed by atoms with van der Waals surface area (Å²) in [6.07, 6.45) is 4.04. The largest absolute Gasteiger partial charge is 0.497 e. The summed E-state index contributed by atoms with van der Waals surface area (Å²) >= 11 is 0. The number of carbonyl (C=O) groups is 1. The first-order valence-corrected chi connectivity index (χ1v) is 9.26. The smallest absolute Gasteiger partial charge is 0.228 e. The van der Waals surface area contributed by atoms with Crippen molar-refractivity contribution < 1.29 is 22.4 Å². The van der Waals surface area contributed by atoms with Crippen molar-refractivity contribution in [3.8, 4) is 5.75 Å². The number of methoxy groups -OCH3 is 1. The monoisotopic (exact) mass is 360 g/mol. The molecule has 25 heavy (non-hydrogen) atoms. The van der Waals surface area contributed by atoms with E-state index in [1.807, 2.05) is 6.07 Å². The van der Waals surface area contributed by atoms with Crippen LogP contribution in [0.5, 0.6) is 5.75 Å². The van der Waals surface area contributed by atoms with E-state index >= 15 is 0 Å². The topological polar surface area (TPSA) is 98.5 Å². The molecule has 0 radical (unpaired) electrons. The summed E-state index contributed by atoms with van der Waals surface area (Å²) in [5.41, 5.74) is 1.81. The van der Waals surface area contributed by atoms with E-state index in [2.05, 4.69) is 10.3 Å². The number of hydrogen-bond acceptors (Lipinski definition) is 6. The summed E-state index contributed by atoms with van der Waals surface area (Å²) in [4.78, 5) is 16.0. The Morgan fingerprint density at radius 1 is 1.28 bits per heavy atom. The number of ether oxygens (including phenoxy) is 1. The first-order chi connectivity index (χ1) is 11.9. The Labute approximate surface area is 144 Å². The minimum Gasteiger partial charge on any atom is -0.497 e. The van der Waals surface area contributed by atoms with Crippen molar-refractivity contribution in [2.45, 2.75) is 11.4 Å². The molecule has 0 bridgehead atoms. The molecular weight excluding hydrogens is 344 g/mol. The SMILES string of the molecule is COc1ccc2c(CC(=O)Nc3ccc(S(C)(=O)=O)nc3)coc2c1. The van der Waals surface area contributed by atoms with Gasteiger partial charge in [0.1, 0.15) is 11.3 Å². The minimum absolute atomic E-state index is 0.0414. The molecular formula is C17H16N2O5S. The number of nitrogens with zero attached hydrogens (tertiary/aromatic N) is 1. The first kappa shape index (κ1) is 17.0. The molecule has 0 spiro atoms. The Kier molecular flexibility index (Phi) is 4.45. The third-order valence-corrected chi connectivity index (χ3v) is 4.62. The Morgan fingerprint density at radius 2 is 2.08 bits per heavy atom. The van der Waals surface area contributed by atoms with E-state index in [1.54, 1.807) is 19.2 Å². The maximum Gasteiger partial charge on any atom is 0.228 e. The van der Waals surface area contributed by atoms with E-state index in [9.17, 15) is 13.2 Å². The van der Waals surface area contributed by atoms with Crippen LogP contribution in [0.3, 0.4) is 0 Å². The van der Waals surface area contributed by atoms with Gasteiger partial charge in [-0.25, -0.2) is 13.4 Å². The number of sulfone groups is 1. The summed E-state index contributed by atoms with van der Waals surface area (Å²) in [6, 6.07) is 8.24. The number of fused-ring (bicyclic) bond motifs is 1. The molecule has 0 saturated carbocycles. The second-order valence-electron chi connectivity index (χ2n) is 5.51. The number of aromatic nitrogens is 1. The Hall–Kier alpha value is -2.87. The first-order valence-electron chi connectivity index (χ1n) is 7.37. The number of amides is 1. The molecule has 7 nitrogen and oxygen atoms in total. The lowest BCUT2D eigenvalue weighted by Crippen LogP contribution is -2.14.